The molecule has 0 bridgehead atoms. The zero-order valence-electron chi connectivity index (χ0n) is 6.86. The summed E-state index contributed by atoms with van der Waals surface area (Å²) in [7, 11) is -1.16. The van der Waals surface area contributed by atoms with Crippen molar-refractivity contribution < 1.29 is 9.00 Å². The molecule has 1 fully saturated rings. The monoisotopic (exact) mass is 190 g/mol. The van der Waals surface area contributed by atoms with Crippen LogP contribution in [-0.4, -0.2) is 27.2 Å². The standard InChI is InChI=1S/C7H14N2O2S/c8-5-2-1-3-6(5)12(11)4-7(9)10/h5-6H,1-4,8H2,(H2,9,10). The van der Waals surface area contributed by atoms with Crippen molar-refractivity contribution >= 4 is 16.7 Å². The van der Waals surface area contributed by atoms with E-state index in [-0.39, 0.29) is 17.0 Å². The Morgan fingerprint density at radius 2 is 2.17 bits per heavy atom. The number of amides is 1. The molecule has 1 amide bonds. The minimum absolute atomic E-state index is 0.00909. The highest BCUT2D eigenvalue weighted by molar-refractivity contribution is 7.86. The van der Waals surface area contributed by atoms with Crippen molar-refractivity contribution in [3.8, 4) is 0 Å². The van der Waals surface area contributed by atoms with Gasteiger partial charge in [-0.2, -0.15) is 0 Å². The van der Waals surface area contributed by atoms with Gasteiger partial charge in [0, 0.05) is 16.8 Å². The average Bonchev–Trinajstić information content (AvgIpc) is 2.33. The molecule has 3 atom stereocenters. The summed E-state index contributed by atoms with van der Waals surface area (Å²) in [5.41, 5.74) is 10.6. The van der Waals surface area contributed by atoms with Gasteiger partial charge in [0.05, 0.1) is 5.25 Å². The lowest BCUT2D eigenvalue weighted by Crippen LogP contribution is -2.36. The van der Waals surface area contributed by atoms with Crippen molar-refractivity contribution in [3.05, 3.63) is 0 Å². The van der Waals surface area contributed by atoms with Crippen LogP contribution in [0.15, 0.2) is 0 Å². The molecule has 4 N–H and O–H groups in total. The minimum atomic E-state index is -1.16. The highest BCUT2D eigenvalue weighted by Crippen LogP contribution is 2.21. The maximum atomic E-state index is 11.4. The van der Waals surface area contributed by atoms with E-state index in [1.165, 1.54) is 0 Å². The highest BCUT2D eigenvalue weighted by Gasteiger charge is 2.29. The predicted octanol–water partition coefficient (Wildman–Crippen LogP) is -0.900. The van der Waals surface area contributed by atoms with Crippen LogP contribution in [0.4, 0.5) is 0 Å². The Morgan fingerprint density at radius 3 is 2.58 bits per heavy atom. The second-order valence-corrected chi connectivity index (χ2v) is 4.78. The zero-order chi connectivity index (χ0) is 9.14. The van der Waals surface area contributed by atoms with Gasteiger partial charge in [-0.1, -0.05) is 6.42 Å². The molecule has 0 aromatic heterocycles. The van der Waals surface area contributed by atoms with Crippen LogP contribution in [0.5, 0.6) is 0 Å². The van der Waals surface area contributed by atoms with Gasteiger partial charge in [0.2, 0.25) is 5.91 Å². The number of nitrogens with two attached hydrogens (primary N) is 2. The average molecular weight is 190 g/mol. The van der Waals surface area contributed by atoms with Gasteiger partial charge in [0.1, 0.15) is 5.75 Å². The van der Waals surface area contributed by atoms with Gasteiger partial charge in [-0.15, -0.1) is 0 Å². The smallest absolute Gasteiger partial charge is 0.230 e. The van der Waals surface area contributed by atoms with Crippen molar-refractivity contribution in [2.24, 2.45) is 11.5 Å². The first-order valence-electron chi connectivity index (χ1n) is 4.02. The van der Waals surface area contributed by atoms with Crippen molar-refractivity contribution in [1.29, 1.82) is 0 Å². The van der Waals surface area contributed by atoms with Crippen molar-refractivity contribution in [1.82, 2.24) is 0 Å². The van der Waals surface area contributed by atoms with E-state index in [9.17, 15) is 9.00 Å². The first-order chi connectivity index (χ1) is 5.61. The Balaban J connectivity index is 2.46. The van der Waals surface area contributed by atoms with Crippen LogP contribution in [0.2, 0.25) is 0 Å². The number of hydrogen-bond acceptors (Lipinski definition) is 3. The van der Waals surface area contributed by atoms with Crippen LogP contribution in [0.1, 0.15) is 19.3 Å². The molecule has 5 heteroatoms. The summed E-state index contributed by atoms with van der Waals surface area (Å²) in [6.07, 6.45) is 2.78. The molecule has 0 radical (unpaired) electrons. The van der Waals surface area contributed by atoms with E-state index >= 15 is 0 Å². The van der Waals surface area contributed by atoms with Crippen LogP contribution in [0, 0.1) is 0 Å². The maximum absolute atomic E-state index is 11.4. The minimum Gasteiger partial charge on any atom is -0.369 e. The summed E-state index contributed by atoms with van der Waals surface area (Å²) in [6.45, 7) is 0. The van der Waals surface area contributed by atoms with E-state index in [2.05, 4.69) is 0 Å². The molecule has 0 saturated heterocycles. The van der Waals surface area contributed by atoms with E-state index in [1.54, 1.807) is 0 Å². The van der Waals surface area contributed by atoms with Gasteiger partial charge >= 0.3 is 0 Å². The first-order valence-corrected chi connectivity index (χ1v) is 5.40. The van der Waals surface area contributed by atoms with Crippen LogP contribution in [0.3, 0.4) is 0 Å². The quantitative estimate of drug-likeness (QED) is 0.604. The van der Waals surface area contributed by atoms with Crippen molar-refractivity contribution in [2.45, 2.75) is 30.6 Å². The zero-order valence-corrected chi connectivity index (χ0v) is 7.68. The fourth-order valence-electron chi connectivity index (χ4n) is 1.53. The summed E-state index contributed by atoms with van der Waals surface area (Å²) in [6, 6.07) is -0.00909. The van der Waals surface area contributed by atoms with Crippen LogP contribution in [0.25, 0.3) is 0 Å². The topological polar surface area (TPSA) is 86.2 Å². The van der Waals surface area contributed by atoms with Gasteiger partial charge in [-0.05, 0) is 12.8 Å². The first kappa shape index (κ1) is 9.67. The summed E-state index contributed by atoms with van der Waals surface area (Å²) >= 11 is 0. The second-order valence-electron chi connectivity index (χ2n) is 3.12. The maximum Gasteiger partial charge on any atom is 0.230 e. The van der Waals surface area contributed by atoms with Crippen molar-refractivity contribution in [3.63, 3.8) is 0 Å². The molecule has 3 unspecified atom stereocenters. The molecule has 0 aromatic rings. The Morgan fingerprint density at radius 1 is 1.50 bits per heavy atom. The van der Waals surface area contributed by atoms with E-state index in [0.29, 0.717) is 0 Å². The third-order valence-corrected chi connectivity index (χ3v) is 3.96. The van der Waals surface area contributed by atoms with Crippen LogP contribution >= 0.6 is 0 Å². The third-order valence-electron chi connectivity index (χ3n) is 2.13. The molecule has 0 aliphatic heterocycles. The molecule has 1 rings (SSSR count). The van der Waals surface area contributed by atoms with Gasteiger partial charge in [-0.3, -0.25) is 9.00 Å². The lowest BCUT2D eigenvalue weighted by Gasteiger charge is -2.13. The summed E-state index contributed by atoms with van der Waals surface area (Å²) in [4.78, 5) is 10.5. The van der Waals surface area contributed by atoms with Gasteiger partial charge in [-0.25, -0.2) is 0 Å². The molecule has 70 valence electrons. The molecule has 0 aromatic carbocycles. The second kappa shape index (κ2) is 4.00. The normalized spacial score (nSPS) is 31.8. The fourth-order valence-corrected chi connectivity index (χ4v) is 2.98. The molecule has 0 heterocycles. The summed E-state index contributed by atoms with van der Waals surface area (Å²) in [5, 5.41) is -0.0162. The number of hydrogen-bond donors (Lipinski definition) is 2. The third kappa shape index (κ3) is 2.28. The van der Waals surface area contributed by atoms with E-state index in [0.717, 1.165) is 19.3 Å². The van der Waals surface area contributed by atoms with E-state index in [4.69, 9.17) is 11.5 Å². The lowest BCUT2D eigenvalue weighted by atomic mass is 10.3. The fraction of sp³-hybridized carbons (Fsp3) is 0.857. The van der Waals surface area contributed by atoms with Gasteiger partial charge in [0.15, 0.2) is 0 Å². The van der Waals surface area contributed by atoms with E-state index in [1.807, 2.05) is 0 Å². The van der Waals surface area contributed by atoms with Crippen LogP contribution < -0.4 is 11.5 Å². The largest absolute Gasteiger partial charge is 0.369 e. The Labute approximate surface area is 74.1 Å². The Kier molecular flexibility index (Phi) is 3.22. The SMILES string of the molecule is NC(=O)CS(=O)C1CCCC1N. The number of rotatable bonds is 3. The Bertz CT molecular complexity index is 208. The Hall–Kier alpha value is -0.420. The molecule has 0 spiro atoms. The molecular weight excluding hydrogens is 176 g/mol. The molecule has 12 heavy (non-hydrogen) atoms. The molecule has 1 aliphatic carbocycles. The number of carbonyl (C=O) groups is 1. The lowest BCUT2D eigenvalue weighted by molar-refractivity contribution is -0.115. The number of carbonyl (C=O) groups excluding carboxylic acids is 1. The summed E-state index contributed by atoms with van der Waals surface area (Å²) in [5.74, 6) is -0.550. The van der Waals surface area contributed by atoms with Gasteiger partial charge < -0.3 is 11.5 Å². The molecule has 4 nitrogen and oxygen atoms in total. The predicted molar refractivity (Wildman–Crippen MR) is 47.8 cm³/mol. The molecular formula is C7H14N2O2S. The van der Waals surface area contributed by atoms with E-state index < -0.39 is 16.7 Å². The van der Waals surface area contributed by atoms with Crippen LogP contribution in [-0.2, 0) is 15.6 Å². The number of primary amides is 1. The molecule has 1 aliphatic rings. The summed E-state index contributed by atoms with van der Waals surface area (Å²) < 4.78 is 11.4. The van der Waals surface area contributed by atoms with Crippen molar-refractivity contribution in [2.75, 3.05) is 5.75 Å². The van der Waals surface area contributed by atoms with Gasteiger partial charge in [0.25, 0.3) is 0 Å². The highest BCUT2D eigenvalue weighted by atomic mass is 32.2. The molecule has 1 saturated carbocycles.